The molecule has 0 N–H and O–H groups in total. The Balaban J connectivity index is 4.41. The Hall–Kier alpha value is -2.89. The Morgan fingerprint density at radius 1 is 0.274 bits per heavy atom. The van der Waals surface area contributed by atoms with Crippen molar-refractivity contribution in [3.8, 4) is 0 Å². The van der Waals surface area contributed by atoms with Crippen molar-refractivity contribution in [3.05, 3.63) is 60.8 Å². The highest BCUT2D eigenvalue weighted by atomic mass is 16.6. The molecule has 0 radical (unpaired) electrons. The molecule has 0 atom stereocenters. The molecule has 0 aromatic rings. The maximum atomic E-state index is 12.9. The van der Waals surface area contributed by atoms with Crippen LogP contribution in [0.2, 0.25) is 0 Å². The first-order valence-corrected chi connectivity index (χ1v) is 31.8. The summed E-state index contributed by atoms with van der Waals surface area (Å²) in [4.78, 5) is 38.3. The summed E-state index contributed by atoms with van der Waals surface area (Å²) in [6, 6.07) is 0. The quantitative estimate of drug-likeness (QED) is 0.0261. The lowest BCUT2D eigenvalue weighted by atomic mass is 10.1. The highest BCUT2D eigenvalue weighted by Crippen LogP contribution is 2.16. The molecule has 424 valence electrons. The molecule has 73 heavy (non-hydrogen) atoms. The van der Waals surface area contributed by atoms with Gasteiger partial charge in [-0.1, -0.05) is 268 Å². The van der Waals surface area contributed by atoms with Crippen LogP contribution in [0.4, 0.5) is 0 Å². The van der Waals surface area contributed by atoms with Crippen LogP contribution < -0.4 is 0 Å². The number of rotatable bonds is 58. The van der Waals surface area contributed by atoms with Gasteiger partial charge >= 0.3 is 17.9 Å². The van der Waals surface area contributed by atoms with Gasteiger partial charge < -0.3 is 14.2 Å². The van der Waals surface area contributed by atoms with E-state index in [0.29, 0.717) is 19.3 Å². The summed E-state index contributed by atoms with van der Waals surface area (Å²) in [6.07, 6.45) is 78.0. The molecule has 0 aromatic carbocycles. The fourth-order valence-electron chi connectivity index (χ4n) is 9.16. The van der Waals surface area contributed by atoms with Gasteiger partial charge in [0, 0.05) is 19.3 Å². The minimum Gasteiger partial charge on any atom is -0.462 e. The average Bonchev–Trinajstić information content (AvgIpc) is 3.39. The topological polar surface area (TPSA) is 78.9 Å². The summed E-state index contributed by atoms with van der Waals surface area (Å²) in [6.45, 7) is 6.62. The molecule has 0 heterocycles. The first-order valence-electron chi connectivity index (χ1n) is 31.8. The van der Waals surface area contributed by atoms with Crippen LogP contribution in [0.15, 0.2) is 60.8 Å². The van der Waals surface area contributed by atoms with Crippen LogP contribution in [0, 0.1) is 0 Å². The lowest BCUT2D eigenvalue weighted by Crippen LogP contribution is -2.30. The summed E-state index contributed by atoms with van der Waals surface area (Å²) in [5.74, 6) is -0.935. The Morgan fingerprint density at radius 2 is 0.507 bits per heavy atom. The fourth-order valence-corrected chi connectivity index (χ4v) is 9.16. The van der Waals surface area contributed by atoms with Gasteiger partial charge in [0.25, 0.3) is 0 Å². The molecular formula is C67H120O6. The van der Waals surface area contributed by atoms with Crippen molar-refractivity contribution < 1.29 is 28.6 Å². The lowest BCUT2D eigenvalue weighted by Gasteiger charge is -2.18. The third kappa shape index (κ3) is 59.9. The molecule has 0 saturated carbocycles. The van der Waals surface area contributed by atoms with Crippen LogP contribution in [0.5, 0.6) is 0 Å². The normalized spacial score (nSPS) is 12.1. The third-order valence-corrected chi connectivity index (χ3v) is 14.0. The van der Waals surface area contributed by atoms with E-state index in [9.17, 15) is 14.4 Å². The molecule has 0 spiro atoms. The van der Waals surface area contributed by atoms with Gasteiger partial charge in [-0.05, 0) is 103 Å². The SMILES string of the molecule is CCCCCCCC/C=C\C/C=C\C/C=C\CCCC(=O)OC(COC(=O)CCCCCCCCCCC/C=C\CCCCCCCC)COC(=O)CCCCCCCCCCC/C=C\CCCCCCCC. The smallest absolute Gasteiger partial charge is 0.306 e. The summed E-state index contributed by atoms with van der Waals surface area (Å²) in [5, 5.41) is 0. The van der Waals surface area contributed by atoms with Gasteiger partial charge in [-0.3, -0.25) is 14.4 Å². The first kappa shape index (κ1) is 70.1. The van der Waals surface area contributed by atoms with E-state index in [2.05, 4.69) is 81.5 Å². The van der Waals surface area contributed by atoms with Crippen LogP contribution in [-0.2, 0) is 28.6 Å². The van der Waals surface area contributed by atoms with E-state index >= 15 is 0 Å². The van der Waals surface area contributed by atoms with Crippen LogP contribution in [-0.4, -0.2) is 37.2 Å². The lowest BCUT2D eigenvalue weighted by molar-refractivity contribution is -0.167. The Bertz CT molecular complexity index is 1250. The van der Waals surface area contributed by atoms with Crippen molar-refractivity contribution in [3.63, 3.8) is 0 Å². The molecule has 0 unspecified atom stereocenters. The second-order valence-electron chi connectivity index (χ2n) is 21.3. The predicted octanol–water partition coefficient (Wildman–Crippen LogP) is 21.6. The van der Waals surface area contributed by atoms with Gasteiger partial charge in [-0.2, -0.15) is 0 Å². The summed E-state index contributed by atoms with van der Waals surface area (Å²) >= 11 is 0. The molecule has 0 aliphatic heterocycles. The molecule has 0 aliphatic carbocycles. The Labute approximate surface area is 453 Å². The van der Waals surface area contributed by atoms with E-state index in [4.69, 9.17) is 14.2 Å². The van der Waals surface area contributed by atoms with E-state index in [1.807, 2.05) is 0 Å². The maximum absolute atomic E-state index is 12.9. The number of esters is 3. The zero-order valence-electron chi connectivity index (χ0n) is 48.7. The summed E-state index contributed by atoms with van der Waals surface area (Å²) in [5.41, 5.74) is 0. The second-order valence-corrected chi connectivity index (χ2v) is 21.3. The van der Waals surface area contributed by atoms with E-state index < -0.39 is 6.10 Å². The summed E-state index contributed by atoms with van der Waals surface area (Å²) < 4.78 is 16.9. The molecular weight excluding hydrogens is 901 g/mol. The number of unbranched alkanes of at least 4 members (excludes halogenated alkanes) is 37. The number of hydrogen-bond acceptors (Lipinski definition) is 6. The van der Waals surface area contributed by atoms with Crippen LogP contribution in [0.25, 0.3) is 0 Å². The van der Waals surface area contributed by atoms with Gasteiger partial charge in [0.05, 0.1) is 0 Å². The maximum Gasteiger partial charge on any atom is 0.306 e. The largest absolute Gasteiger partial charge is 0.462 e. The highest BCUT2D eigenvalue weighted by molar-refractivity contribution is 5.71. The summed E-state index contributed by atoms with van der Waals surface area (Å²) in [7, 11) is 0. The molecule has 6 heteroatoms. The van der Waals surface area contributed by atoms with Gasteiger partial charge in [0.1, 0.15) is 13.2 Å². The predicted molar refractivity (Wildman–Crippen MR) is 316 cm³/mol. The van der Waals surface area contributed by atoms with Gasteiger partial charge in [0.15, 0.2) is 6.10 Å². The molecule has 0 amide bonds. The van der Waals surface area contributed by atoms with E-state index in [0.717, 1.165) is 57.8 Å². The molecule has 0 aliphatic rings. The zero-order valence-corrected chi connectivity index (χ0v) is 48.7. The molecule has 0 fully saturated rings. The Morgan fingerprint density at radius 3 is 0.822 bits per heavy atom. The van der Waals surface area contributed by atoms with Gasteiger partial charge in [-0.25, -0.2) is 0 Å². The number of hydrogen-bond donors (Lipinski definition) is 0. The van der Waals surface area contributed by atoms with E-state index in [-0.39, 0.29) is 37.5 Å². The molecule has 0 bridgehead atoms. The third-order valence-electron chi connectivity index (χ3n) is 14.0. The van der Waals surface area contributed by atoms with Crippen molar-refractivity contribution in [1.82, 2.24) is 0 Å². The number of carbonyl (C=O) groups is 3. The minimum atomic E-state index is -0.803. The number of carbonyl (C=O) groups excluding carboxylic acids is 3. The van der Waals surface area contributed by atoms with Crippen molar-refractivity contribution in [2.24, 2.45) is 0 Å². The molecule has 0 saturated heterocycles. The second kappa shape index (κ2) is 61.7. The molecule has 0 rings (SSSR count). The van der Waals surface area contributed by atoms with Gasteiger partial charge in [-0.15, -0.1) is 0 Å². The first-order chi connectivity index (χ1) is 36.0. The van der Waals surface area contributed by atoms with Crippen molar-refractivity contribution in [2.45, 2.75) is 335 Å². The van der Waals surface area contributed by atoms with Crippen molar-refractivity contribution >= 4 is 17.9 Å². The molecule has 0 aromatic heterocycles. The van der Waals surface area contributed by atoms with Crippen LogP contribution >= 0.6 is 0 Å². The minimum absolute atomic E-state index is 0.0940. The van der Waals surface area contributed by atoms with E-state index in [1.165, 1.54) is 225 Å². The molecule has 6 nitrogen and oxygen atoms in total. The van der Waals surface area contributed by atoms with Gasteiger partial charge in [0.2, 0.25) is 0 Å². The van der Waals surface area contributed by atoms with Crippen LogP contribution in [0.3, 0.4) is 0 Å². The monoisotopic (exact) mass is 1020 g/mol. The zero-order chi connectivity index (χ0) is 52.9. The number of ether oxygens (including phenoxy) is 3. The standard InChI is InChI=1S/C67H120O6/c1-4-7-10-13-16-19-22-25-28-31-33-36-38-41-44-47-50-53-56-59-65(68)71-62-64(73-67(70)61-58-55-52-49-46-43-40-35-30-27-24-21-18-15-12-9-6-3)63-72-66(69)60-57-54-51-48-45-42-39-37-34-32-29-26-23-20-17-14-11-8-5-2/h25-30,40,43,49,52,64H,4-24,31-39,41-42,44-48,50-51,53-63H2,1-3H3/b28-25-,29-26-,30-27-,43-40-,52-49-. The van der Waals surface area contributed by atoms with Crippen LogP contribution in [0.1, 0.15) is 329 Å². The van der Waals surface area contributed by atoms with Crippen molar-refractivity contribution in [1.29, 1.82) is 0 Å². The number of allylic oxidation sites excluding steroid dienone is 10. The van der Waals surface area contributed by atoms with Crippen molar-refractivity contribution in [2.75, 3.05) is 13.2 Å². The Kier molecular flexibility index (Phi) is 59.2. The van der Waals surface area contributed by atoms with E-state index in [1.54, 1.807) is 0 Å². The highest BCUT2D eigenvalue weighted by Gasteiger charge is 2.19. The fraction of sp³-hybridized carbons (Fsp3) is 0.806. The average molecular weight is 1020 g/mol.